The lowest BCUT2D eigenvalue weighted by molar-refractivity contribution is 0.130. The highest BCUT2D eigenvalue weighted by molar-refractivity contribution is 5.79. The van der Waals surface area contributed by atoms with E-state index in [0.717, 1.165) is 58.2 Å². The second-order valence-electron chi connectivity index (χ2n) is 6.29. The Kier molecular flexibility index (Phi) is 15.5. The molecule has 0 amide bonds. The van der Waals surface area contributed by atoms with Crippen LogP contribution in [0.1, 0.15) is 59.8 Å². The summed E-state index contributed by atoms with van der Waals surface area (Å²) in [7, 11) is 2.19. The van der Waals surface area contributed by atoms with Gasteiger partial charge in [-0.25, -0.2) is 0 Å². The molecule has 0 spiro atoms. The van der Waals surface area contributed by atoms with E-state index in [0.29, 0.717) is 6.04 Å². The number of hydrogen-bond donors (Lipinski definition) is 2. The molecule has 0 saturated carbocycles. The first-order valence-corrected chi connectivity index (χ1v) is 9.41. The highest BCUT2D eigenvalue weighted by Crippen LogP contribution is 1.97. The van der Waals surface area contributed by atoms with Crippen molar-refractivity contribution in [1.29, 1.82) is 0 Å². The lowest BCUT2D eigenvalue weighted by Crippen LogP contribution is -2.38. The second kappa shape index (κ2) is 16.1. The van der Waals surface area contributed by atoms with Gasteiger partial charge in [0.05, 0.1) is 0 Å². The van der Waals surface area contributed by atoms with Gasteiger partial charge in [-0.2, -0.15) is 0 Å². The zero-order valence-electron chi connectivity index (χ0n) is 16.2. The third-order valence-electron chi connectivity index (χ3n) is 3.81. The molecule has 0 bridgehead atoms. The number of ether oxygens (including phenoxy) is 1. The minimum absolute atomic E-state index is 0.626. The quantitative estimate of drug-likeness (QED) is 0.292. The molecule has 0 rings (SSSR count). The number of nitrogens with zero attached hydrogens (tertiary/aromatic N) is 2. The Morgan fingerprint density at radius 1 is 1.04 bits per heavy atom. The average molecular weight is 329 g/mol. The Morgan fingerprint density at radius 3 is 2.43 bits per heavy atom. The molecule has 0 aromatic rings. The summed E-state index contributed by atoms with van der Waals surface area (Å²) >= 11 is 0. The second-order valence-corrected chi connectivity index (χ2v) is 6.29. The highest BCUT2D eigenvalue weighted by Gasteiger charge is 2.02. The van der Waals surface area contributed by atoms with Crippen molar-refractivity contribution in [2.45, 2.75) is 65.8 Å². The number of rotatable bonds is 14. The Balaban J connectivity index is 3.73. The standard InChI is InChI=1S/C18H40N4O/c1-6-8-15-23-16-11-13-21-18(19-7-2)20-12-9-10-14-22(5)17(3)4/h17H,6-16H2,1-5H3,(H2,19,20,21). The fraction of sp³-hybridized carbons (Fsp3) is 0.944. The van der Waals surface area contributed by atoms with Gasteiger partial charge in [0.1, 0.15) is 0 Å². The van der Waals surface area contributed by atoms with E-state index in [-0.39, 0.29) is 0 Å². The summed E-state index contributed by atoms with van der Waals surface area (Å²) < 4.78 is 5.56. The first-order valence-electron chi connectivity index (χ1n) is 9.41. The molecule has 0 fully saturated rings. The van der Waals surface area contributed by atoms with Crippen LogP contribution in [0.5, 0.6) is 0 Å². The van der Waals surface area contributed by atoms with Gasteiger partial charge < -0.3 is 20.3 Å². The van der Waals surface area contributed by atoms with E-state index < -0.39 is 0 Å². The van der Waals surface area contributed by atoms with Gasteiger partial charge in [-0.1, -0.05) is 13.3 Å². The topological polar surface area (TPSA) is 48.9 Å². The Bertz CT molecular complexity index is 282. The Hall–Kier alpha value is -0.810. The molecule has 0 aliphatic carbocycles. The fourth-order valence-corrected chi connectivity index (χ4v) is 2.00. The normalized spacial score (nSPS) is 12.2. The molecule has 0 heterocycles. The Morgan fingerprint density at radius 2 is 1.78 bits per heavy atom. The van der Waals surface area contributed by atoms with Crippen LogP contribution in [0.4, 0.5) is 0 Å². The summed E-state index contributed by atoms with van der Waals surface area (Å²) in [4.78, 5) is 6.98. The summed E-state index contributed by atoms with van der Waals surface area (Å²) in [5.74, 6) is 0.929. The molecule has 0 aromatic heterocycles. The summed E-state index contributed by atoms with van der Waals surface area (Å²) in [5.41, 5.74) is 0. The molecule has 0 aliphatic heterocycles. The van der Waals surface area contributed by atoms with Crippen LogP contribution in [-0.2, 0) is 4.74 Å². The zero-order valence-corrected chi connectivity index (χ0v) is 16.2. The molecule has 5 heteroatoms. The maximum atomic E-state index is 5.56. The van der Waals surface area contributed by atoms with Gasteiger partial charge in [0.15, 0.2) is 5.96 Å². The van der Waals surface area contributed by atoms with Crippen LogP contribution in [0.25, 0.3) is 0 Å². The van der Waals surface area contributed by atoms with Crippen molar-refractivity contribution in [2.75, 3.05) is 46.4 Å². The van der Waals surface area contributed by atoms with Crippen LogP contribution in [0.15, 0.2) is 4.99 Å². The molecule has 2 N–H and O–H groups in total. The van der Waals surface area contributed by atoms with Crippen molar-refractivity contribution in [3.8, 4) is 0 Å². The van der Waals surface area contributed by atoms with Gasteiger partial charge in [0, 0.05) is 38.9 Å². The lowest BCUT2D eigenvalue weighted by atomic mass is 10.2. The highest BCUT2D eigenvalue weighted by atomic mass is 16.5. The molecule has 138 valence electrons. The van der Waals surface area contributed by atoms with E-state index in [1.165, 1.54) is 19.3 Å². The van der Waals surface area contributed by atoms with Crippen molar-refractivity contribution in [3.63, 3.8) is 0 Å². The fourth-order valence-electron chi connectivity index (χ4n) is 2.00. The van der Waals surface area contributed by atoms with E-state index in [2.05, 4.69) is 55.3 Å². The van der Waals surface area contributed by atoms with Crippen LogP contribution < -0.4 is 10.6 Å². The molecule has 0 aromatic carbocycles. The van der Waals surface area contributed by atoms with Gasteiger partial charge in [-0.05, 0) is 60.0 Å². The monoisotopic (exact) mass is 328 g/mol. The minimum Gasteiger partial charge on any atom is -0.381 e. The molecule has 5 nitrogen and oxygen atoms in total. The van der Waals surface area contributed by atoms with Gasteiger partial charge in [0.25, 0.3) is 0 Å². The molecule has 23 heavy (non-hydrogen) atoms. The molecule has 0 saturated heterocycles. The molecule has 0 atom stereocenters. The minimum atomic E-state index is 0.626. The van der Waals surface area contributed by atoms with Gasteiger partial charge in [-0.15, -0.1) is 0 Å². The van der Waals surface area contributed by atoms with E-state index in [1.807, 2.05) is 0 Å². The van der Waals surface area contributed by atoms with E-state index >= 15 is 0 Å². The predicted molar refractivity (Wildman–Crippen MR) is 101 cm³/mol. The lowest BCUT2D eigenvalue weighted by Gasteiger charge is -2.20. The summed E-state index contributed by atoms with van der Waals surface area (Å²) in [6.07, 6.45) is 5.71. The maximum absolute atomic E-state index is 5.56. The van der Waals surface area contributed by atoms with Crippen molar-refractivity contribution >= 4 is 5.96 Å². The third kappa shape index (κ3) is 14.5. The molecular formula is C18H40N4O. The number of unbranched alkanes of at least 4 members (excludes halogenated alkanes) is 2. The summed E-state index contributed by atoms with van der Waals surface area (Å²) in [5, 5.41) is 6.71. The molecule has 0 unspecified atom stereocenters. The van der Waals surface area contributed by atoms with Crippen molar-refractivity contribution in [3.05, 3.63) is 0 Å². The first kappa shape index (κ1) is 22.2. The van der Waals surface area contributed by atoms with Gasteiger partial charge in [-0.3, -0.25) is 4.99 Å². The predicted octanol–water partition coefficient (Wildman–Crippen LogP) is 2.87. The van der Waals surface area contributed by atoms with Crippen LogP contribution >= 0.6 is 0 Å². The van der Waals surface area contributed by atoms with Crippen molar-refractivity contribution < 1.29 is 4.74 Å². The summed E-state index contributed by atoms with van der Waals surface area (Å²) in [6.45, 7) is 14.3. The number of guanidine groups is 1. The van der Waals surface area contributed by atoms with E-state index in [4.69, 9.17) is 4.74 Å². The van der Waals surface area contributed by atoms with Crippen LogP contribution in [-0.4, -0.2) is 63.3 Å². The molecular weight excluding hydrogens is 288 g/mol. The van der Waals surface area contributed by atoms with E-state index in [1.54, 1.807) is 0 Å². The molecule has 0 aliphatic rings. The van der Waals surface area contributed by atoms with Gasteiger partial charge in [0.2, 0.25) is 0 Å². The smallest absolute Gasteiger partial charge is 0.191 e. The number of hydrogen-bond acceptors (Lipinski definition) is 3. The Labute approximate surface area is 144 Å². The number of nitrogens with one attached hydrogen (secondary N) is 2. The third-order valence-corrected chi connectivity index (χ3v) is 3.81. The van der Waals surface area contributed by atoms with Crippen LogP contribution in [0.2, 0.25) is 0 Å². The largest absolute Gasteiger partial charge is 0.381 e. The van der Waals surface area contributed by atoms with Crippen LogP contribution in [0.3, 0.4) is 0 Å². The summed E-state index contributed by atoms with van der Waals surface area (Å²) in [6, 6.07) is 0.626. The molecule has 0 radical (unpaired) electrons. The van der Waals surface area contributed by atoms with Crippen molar-refractivity contribution in [2.24, 2.45) is 4.99 Å². The number of aliphatic imine (C=N–C) groups is 1. The van der Waals surface area contributed by atoms with Crippen LogP contribution in [0, 0.1) is 0 Å². The van der Waals surface area contributed by atoms with E-state index in [9.17, 15) is 0 Å². The van der Waals surface area contributed by atoms with Gasteiger partial charge >= 0.3 is 0 Å². The SMILES string of the molecule is CCCCOCCCN=C(NCC)NCCCCN(C)C(C)C. The first-order chi connectivity index (χ1) is 11.1. The van der Waals surface area contributed by atoms with Crippen molar-refractivity contribution in [1.82, 2.24) is 15.5 Å². The maximum Gasteiger partial charge on any atom is 0.191 e. The zero-order chi connectivity index (χ0) is 17.3. The average Bonchev–Trinajstić information content (AvgIpc) is 2.53.